The van der Waals surface area contributed by atoms with Gasteiger partial charge in [-0.3, -0.25) is 14.5 Å². The van der Waals surface area contributed by atoms with Crippen LogP contribution in [0, 0.1) is 11.3 Å². The smallest absolute Gasteiger partial charge is 0.328 e. The first-order valence-corrected chi connectivity index (χ1v) is 10.0. The number of hydrogen-bond donors (Lipinski definition) is 1. The Morgan fingerprint density at radius 1 is 1.20 bits per heavy atom. The van der Waals surface area contributed by atoms with Gasteiger partial charge in [0.2, 0.25) is 0 Å². The highest BCUT2D eigenvalue weighted by molar-refractivity contribution is 7.81. The van der Waals surface area contributed by atoms with Crippen LogP contribution in [0.5, 0.6) is 0 Å². The van der Waals surface area contributed by atoms with Gasteiger partial charge in [-0.1, -0.05) is 0 Å². The van der Waals surface area contributed by atoms with Crippen molar-refractivity contribution in [1.82, 2.24) is 4.90 Å². The fourth-order valence-electron chi connectivity index (χ4n) is 4.38. The molecule has 0 radical (unpaired) electrons. The summed E-state index contributed by atoms with van der Waals surface area (Å²) >= 11 is 4.62. The van der Waals surface area contributed by atoms with Crippen molar-refractivity contribution in [2.45, 2.75) is 49.3 Å². The highest BCUT2D eigenvalue weighted by Gasteiger charge is 2.60. The zero-order valence-corrected chi connectivity index (χ0v) is 16.7. The number of halogens is 3. The van der Waals surface area contributed by atoms with Crippen LogP contribution in [0.3, 0.4) is 0 Å². The third-order valence-electron chi connectivity index (χ3n) is 6.04. The predicted molar refractivity (Wildman–Crippen MR) is 107 cm³/mol. The molecule has 3 aliphatic rings. The van der Waals surface area contributed by atoms with Gasteiger partial charge in [-0.05, 0) is 62.4 Å². The Morgan fingerprint density at radius 2 is 1.87 bits per heavy atom. The number of carbonyl (C=O) groups excluding carboxylic acids is 2. The maximum Gasteiger partial charge on any atom is 0.417 e. The maximum absolute atomic E-state index is 13.5. The fourth-order valence-corrected chi connectivity index (χ4v) is 4.99. The quantitative estimate of drug-likeness (QED) is 0.569. The number of hydrogen-bond acceptors (Lipinski definition) is 5. The van der Waals surface area contributed by atoms with Crippen LogP contribution in [0.25, 0.3) is 0 Å². The highest BCUT2D eigenvalue weighted by atomic mass is 32.1. The molecule has 1 aliphatic heterocycles. The average Bonchev–Trinajstić information content (AvgIpc) is 2.93. The Morgan fingerprint density at radius 3 is 2.37 bits per heavy atom. The van der Waals surface area contributed by atoms with Crippen molar-refractivity contribution in [3.8, 4) is 6.07 Å². The number of nitriles is 1. The number of carbonyl (C=O) groups is 2. The third kappa shape index (κ3) is 3.01. The number of thiol groups is 1. The monoisotopic (exact) mass is 433 g/mol. The summed E-state index contributed by atoms with van der Waals surface area (Å²) in [5, 5.41) is 9.08. The van der Waals surface area contributed by atoms with Crippen LogP contribution in [0.15, 0.2) is 47.2 Å². The normalized spacial score (nSPS) is 23.4. The Labute approximate surface area is 176 Å². The summed E-state index contributed by atoms with van der Waals surface area (Å²) in [4.78, 5) is 27.5. The lowest BCUT2D eigenvalue weighted by Gasteiger charge is -2.44. The number of rotatable bonds is 3. The van der Waals surface area contributed by atoms with Gasteiger partial charge in [0.05, 0.1) is 11.6 Å². The predicted octanol–water partition coefficient (Wildman–Crippen LogP) is 4.34. The van der Waals surface area contributed by atoms with Crippen molar-refractivity contribution >= 4 is 30.5 Å². The van der Waals surface area contributed by atoms with Gasteiger partial charge in [0.25, 0.3) is 5.91 Å². The van der Waals surface area contributed by atoms with Crippen molar-refractivity contribution in [1.29, 1.82) is 5.26 Å². The van der Waals surface area contributed by atoms with Gasteiger partial charge < -0.3 is 4.90 Å². The van der Waals surface area contributed by atoms with E-state index in [4.69, 9.17) is 5.26 Å². The van der Waals surface area contributed by atoms with E-state index in [0.29, 0.717) is 30.4 Å². The molecular weight excluding hydrogens is 415 g/mol. The van der Waals surface area contributed by atoms with E-state index in [-0.39, 0.29) is 30.0 Å². The molecule has 5 nitrogen and oxygen atoms in total. The van der Waals surface area contributed by atoms with Crippen LogP contribution in [-0.4, -0.2) is 34.3 Å². The molecule has 1 unspecified atom stereocenters. The summed E-state index contributed by atoms with van der Waals surface area (Å²) in [7, 11) is 0. The molecule has 0 aromatic heterocycles. The first-order chi connectivity index (χ1) is 14.2. The number of nitrogens with zero attached hydrogens (tertiary/aromatic N) is 3. The molecule has 2 fully saturated rings. The molecule has 9 heteroatoms. The van der Waals surface area contributed by atoms with Gasteiger partial charge in [-0.25, -0.2) is 0 Å². The van der Waals surface area contributed by atoms with E-state index < -0.39 is 22.8 Å². The van der Waals surface area contributed by atoms with Crippen LogP contribution < -0.4 is 4.90 Å². The lowest BCUT2D eigenvalue weighted by molar-refractivity contribution is -0.133. The number of alkyl halides is 3. The van der Waals surface area contributed by atoms with Gasteiger partial charge in [0.15, 0.2) is 5.50 Å². The van der Waals surface area contributed by atoms with E-state index in [1.807, 2.05) is 4.90 Å². The van der Waals surface area contributed by atoms with Crippen molar-refractivity contribution < 1.29 is 22.8 Å². The Balaban J connectivity index is 1.76. The van der Waals surface area contributed by atoms with E-state index in [1.54, 1.807) is 30.3 Å². The highest BCUT2D eigenvalue weighted by Crippen LogP contribution is 2.51. The largest absolute Gasteiger partial charge is 0.417 e. The summed E-state index contributed by atoms with van der Waals surface area (Å²) in [6.45, 7) is 0. The van der Waals surface area contributed by atoms with Gasteiger partial charge in [0.1, 0.15) is 11.8 Å². The van der Waals surface area contributed by atoms with E-state index in [1.165, 1.54) is 4.90 Å². The standard InChI is InChI=1S/C21H18F3N3O2S/c22-21(23,24)17-10-16(7-4-14(17)11-25)26-18(29)20(8-1-9-20)27(19(26)30)15-5-2-13(12-28)3-6-15/h2-3,5-6,10,12,19,30H,1,4,7-9H2. The summed E-state index contributed by atoms with van der Waals surface area (Å²) in [5.74, 6) is -0.276. The van der Waals surface area contributed by atoms with E-state index in [0.717, 1.165) is 12.5 Å². The second kappa shape index (κ2) is 7.20. The fraction of sp³-hybridized carbons (Fsp3) is 0.381. The van der Waals surface area contributed by atoms with Crippen molar-refractivity contribution in [3.63, 3.8) is 0 Å². The molecule has 1 amide bonds. The topological polar surface area (TPSA) is 64.4 Å². The average molecular weight is 433 g/mol. The van der Waals surface area contributed by atoms with Crippen LogP contribution in [0.1, 0.15) is 42.5 Å². The van der Waals surface area contributed by atoms with E-state index >= 15 is 0 Å². The second-order valence-electron chi connectivity index (χ2n) is 7.62. The van der Waals surface area contributed by atoms with Gasteiger partial charge in [-0.2, -0.15) is 18.4 Å². The molecule has 0 bridgehead atoms. The molecule has 1 aromatic rings. The molecule has 30 heavy (non-hydrogen) atoms. The minimum Gasteiger partial charge on any atom is -0.328 e. The molecule has 1 spiro atoms. The first kappa shape index (κ1) is 20.5. The minimum atomic E-state index is -4.68. The minimum absolute atomic E-state index is 0.0809. The molecule has 0 N–H and O–H groups in total. The Kier molecular flexibility index (Phi) is 4.93. The van der Waals surface area contributed by atoms with E-state index in [9.17, 15) is 22.8 Å². The third-order valence-corrected chi connectivity index (χ3v) is 6.51. The molecule has 2 aliphatic carbocycles. The number of benzene rings is 1. The lowest BCUT2D eigenvalue weighted by atomic mass is 9.75. The number of amides is 1. The van der Waals surface area contributed by atoms with Crippen LogP contribution in [0.2, 0.25) is 0 Å². The van der Waals surface area contributed by atoms with Gasteiger partial charge in [-0.15, -0.1) is 12.6 Å². The summed E-state index contributed by atoms with van der Waals surface area (Å²) < 4.78 is 40.4. The molecule has 4 rings (SSSR count). The molecule has 156 valence electrons. The van der Waals surface area contributed by atoms with Crippen LogP contribution in [0.4, 0.5) is 18.9 Å². The Bertz CT molecular complexity index is 1000. The van der Waals surface area contributed by atoms with E-state index in [2.05, 4.69) is 12.6 Å². The molecular formula is C21H18F3N3O2S. The molecule has 1 saturated heterocycles. The zero-order chi connectivity index (χ0) is 21.7. The Hall–Kier alpha value is -2.73. The lowest BCUT2D eigenvalue weighted by Crippen LogP contribution is -2.55. The second-order valence-corrected chi connectivity index (χ2v) is 8.09. The SMILES string of the molecule is N#CC1=C(C(F)(F)F)C=C(N2C(=O)C3(CCC3)N(c3ccc(C=O)cc3)C2S)CC1. The van der Waals surface area contributed by atoms with Crippen molar-refractivity contribution in [2.24, 2.45) is 0 Å². The summed E-state index contributed by atoms with van der Waals surface area (Å²) in [6.07, 6.45) is -0.997. The maximum atomic E-state index is 13.5. The number of anilines is 1. The molecule has 1 heterocycles. The van der Waals surface area contributed by atoms with Crippen LogP contribution in [-0.2, 0) is 4.79 Å². The molecule has 1 saturated carbocycles. The summed E-state index contributed by atoms with van der Waals surface area (Å²) in [6, 6.07) is 8.33. The number of aldehydes is 1. The van der Waals surface area contributed by atoms with Crippen molar-refractivity contribution in [3.05, 3.63) is 52.7 Å². The number of allylic oxidation sites excluding steroid dienone is 4. The van der Waals surface area contributed by atoms with Gasteiger partial charge >= 0.3 is 6.18 Å². The molecule has 1 aromatic carbocycles. The van der Waals surface area contributed by atoms with Gasteiger partial charge in [0, 0.05) is 22.5 Å². The molecule has 1 atom stereocenters. The van der Waals surface area contributed by atoms with Crippen molar-refractivity contribution in [2.75, 3.05) is 4.90 Å². The zero-order valence-electron chi connectivity index (χ0n) is 15.8. The summed E-state index contributed by atoms with van der Waals surface area (Å²) in [5.41, 5.74) is -1.60. The van der Waals surface area contributed by atoms with Crippen LogP contribution >= 0.6 is 12.6 Å². The first-order valence-electron chi connectivity index (χ1n) is 9.50.